The molecule has 0 unspecified atom stereocenters. The Morgan fingerprint density at radius 3 is 2.20 bits per heavy atom. The van der Waals surface area contributed by atoms with Crippen molar-refractivity contribution in [3.8, 4) is 0 Å². The van der Waals surface area contributed by atoms with Crippen molar-refractivity contribution < 1.29 is 24.1 Å². The van der Waals surface area contributed by atoms with Crippen LogP contribution in [0.4, 0.5) is 0 Å². The summed E-state index contributed by atoms with van der Waals surface area (Å²) in [4.78, 5) is 14.1. The smallest absolute Gasteiger partial charge is 0.160 e. The quantitative estimate of drug-likeness (QED) is 0.221. The van der Waals surface area contributed by atoms with E-state index in [9.17, 15) is 9.90 Å². The first-order valence-corrected chi connectivity index (χ1v) is 14.6. The van der Waals surface area contributed by atoms with E-state index in [0.29, 0.717) is 32.5 Å². The highest BCUT2D eigenvalue weighted by atomic mass is 16.7. The maximum absolute atomic E-state index is 14.1. The van der Waals surface area contributed by atoms with E-state index in [4.69, 9.17) is 14.2 Å². The van der Waals surface area contributed by atoms with Crippen LogP contribution in [-0.4, -0.2) is 35.5 Å². The van der Waals surface area contributed by atoms with E-state index in [1.165, 1.54) is 0 Å². The number of carbonyl (C=O) groups excluding carboxylic acids is 1. The molecule has 5 rings (SSSR count). The lowest BCUT2D eigenvalue weighted by Gasteiger charge is -2.60. The number of Topliss-reactive ketones (excluding diaryl/α,β-unsaturated/α-hetero) is 1. The Bertz CT molecular complexity index is 1250. The van der Waals surface area contributed by atoms with Crippen molar-refractivity contribution in [2.24, 2.45) is 16.7 Å². The van der Waals surface area contributed by atoms with Gasteiger partial charge in [0.1, 0.15) is 12.4 Å². The van der Waals surface area contributed by atoms with Crippen LogP contribution in [-0.2, 0) is 32.2 Å². The van der Waals surface area contributed by atoms with Crippen molar-refractivity contribution in [2.75, 3.05) is 6.79 Å². The molecule has 0 saturated heterocycles. The first kappa shape index (κ1) is 28.9. The zero-order valence-electron chi connectivity index (χ0n) is 24.4. The van der Waals surface area contributed by atoms with Crippen molar-refractivity contribution in [3.63, 3.8) is 0 Å². The molecule has 0 radical (unpaired) electrons. The van der Waals surface area contributed by atoms with Crippen LogP contribution in [0.25, 0.3) is 0 Å². The van der Waals surface area contributed by atoms with Gasteiger partial charge in [0, 0.05) is 28.7 Å². The molecule has 1 N–H and O–H groups in total. The van der Waals surface area contributed by atoms with Crippen LogP contribution in [0.5, 0.6) is 0 Å². The van der Waals surface area contributed by atoms with Crippen LogP contribution in [0.1, 0.15) is 70.9 Å². The third kappa shape index (κ3) is 5.14. The molecule has 214 valence electrons. The Labute approximate surface area is 239 Å². The minimum atomic E-state index is -1.24. The molecule has 2 aromatic carbocycles. The number of benzene rings is 2. The second kappa shape index (κ2) is 11.4. The highest BCUT2D eigenvalue weighted by Crippen LogP contribution is 2.60. The van der Waals surface area contributed by atoms with Crippen molar-refractivity contribution in [1.29, 1.82) is 0 Å². The van der Waals surface area contributed by atoms with Crippen molar-refractivity contribution in [2.45, 2.75) is 90.8 Å². The maximum atomic E-state index is 14.1. The molecule has 3 aliphatic rings. The zero-order valence-corrected chi connectivity index (χ0v) is 24.4. The summed E-state index contributed by atoms with van der Waals surface area (Å²) < 4.78 is 19.2. The molecule has 5 heteroatoms. The number of carbonyl (C=O) groups is 1. The van der Waals surface area contributed by atoms with E-state index in [1.54, 1.807) is 0 Å². The number of hydrogen-bond donors (Lipinski definition) is 1. The van der Waals surface area contributed by atoms with Gasteiger partial charge in [-0.15, -0.1) is 0 Å². The van der Waals surface area contributed by atoms with Gasteiger partial charge in [0.15, 0.2) is 5.78 Å². The van der Waals surface area contributed by atoms with Crippen LogP contribution in [0.15, 0.2) is 84.0 Å². The second-order valence-electron chi connectivity index (χ2n) is 12.8. The summed E-state index contributed by atoms with van der Waals surface area (Å²) >= 11 is 0. The summed E-state index contributed by atoms with van der Waals surface area (Å²) in [6, 6.07) is 20.1. The number of ether oxygens (including phenoxy) is 3. The maximum Gasteiger partial charge on any atom is 0.160 e. The molecule has 2 fully saturated rings. The van der Waals surface area contributed by atoms with Crippen molar-refractivity contribution >= 4 is 5.78 Å². The van der Waals surface area contributed by atoms with E-state index >= 15 is 0 Å². The molecule has 0 amide bonds. The summed E-state index contributed by atoms with van der Waals surface area (Å²) in [5, 5.41) is 12.7. The van der Waals surface area contributed by atoms with Gasteiger partial charge in [-0.2, -0.15) is 0 Å². The van der Waals surface area contributed by atoms with Crippen molar-refractivity contribution in [3.05, 3.63) is 95.1 Å². The summed E-state index contributed by atoms with van der Waals surface area (Å²) in [5.74, 6) is -0.152. The van der Waals surface area contributed by atoms with Crippen LogP contribution in [0.2, 0.25) is 0 Å². The lowest BCUT2D eigenvalue weighted by atomic mass is 9.48. The molecule has 2 bridgehead atoms. The summed E-state index contributed by atoms with van der Waals surface area (Å²) in [6.07, 6.45) is 2.24. The van der Waals surface area contributed by atoms with Gasteiger partial charge in [-0.05, 0) is 43.7 Å². The fraction of sp³-hybridized carbons (Fsp3) is 0.514. The number of allylic oxidation sites excluding steroid dienone is 1. The van der Waals surface area contributed by atoms with Gasteiger partial charge in [0.25, 0.3) is 0 Å². The standard InChI is InChI=1S/C35H44O5/c1-24-16-17-29(40-23-38-21-26-12-8-6-9-13-26)34(5)20-28(36)30-25(2)18-19-35(37,33(30,3)4)32(31(24)34)39-22-27-14-10-7-11-15-27/h6-15,29,31-32,37H,1,16-23H2,2-5H3/t29-,31-,32-,34+,35+/m0/s1. The SMILES string of the molecule is C=C1CC[C@H](OCOCc2ccccc2)[C@@]2(C)CC(=O)C3=C(C)CC[C@@](O)([C@@H](OCc4ccccc4)[C@H]12)C3(C)C. The Morgan fingerprint density at radius 2 is 1.55 bits per heavy atom. The second-order valence-corrected chi connectivity index (χ2v) is 12.8. The van der Waals surface area contributed by atoms with Crippen LogP contribution < -0.4 is 0 Å². The van der Waals surface area contributed by atoms with Crippen LogP contribution >= 0.6 is 0 Å². The van der Waals surface area contributed by atoms with Crippen LogP contribution in [0, 0.1) is 16.7 Å². The molecule has 3 aliphatic carbocycles. The van der Waals surface area contributed by atoms with Gasteiger partial charge in [-0.25, -0.2) is 0 Å². The molecular formula is C35H44O5. The van der Waals surface area contributed by atoms with E-state index < -0.39 is 22.5 Å². The highest BCUT2D eigenvalue weighted by Gasteiger charge is 2.64. The van der Waals surface area contributed by atoms with Gasteiger partial charge in [-0.3, -0.25) is 4.79 Å². The van der Waals surface area contributed by atoms with E-state index in [1.807, 2.05) is 81.4 Å². The zero-order chi connectivity index (χ0) is 28.5. The Morgan fingerprint density at radius 1 is 0.925 bits per heavy atom. The minimum absolute atomic E-state index is 0.100. The number of fused-ring (bicyclic) bond motifs is 3. The summed E-state index contributed by atoms with van der Waals surface area (Å²) in [7, 11) is 0. The molecular weight excluding hydrogens is 500 g/mol. The van der Waals surface area contributed by atoms with Crippen LogP contribution in [0.3, 0.4) is 0 Å². The normalized spacial score (nSPS) is 31.9. The minimum Gasteiger partial charge on any atom is -0.386 e. The van der Waals surface area contributed by atoms with Gasteiger partial charge in [0.2, 0.25) is 0 Å². The van der Waals surface area contributed by atoms with Gasteiger partial charge >= 0.3 is 0 Å². The van der Waals surface area contributed by atoms with E-state index in [0.717, 1.165) is 40.7 Å². The monoisotopic (exact) mass is 544 g/mol. The van der Waals surface area contributed by atoms with E-state index in [2.05, 4.69) is 13.5 Å². The number of rotatable bonds is 8. The lowest BCUT2D eigenvalue weighted by Crippen LogP contribution is -2.66. The van der Waals surface area contributed by atoms with Gasteiger partial charge in [0.05, 0.1) is 25.4 Å². The first-order chi connectivity index (χ1) is 19.1. The molecule has 0 aromatic heterocycles. The first-order valence-electron chi connectivity index (χ1n) is 14.6. The molecule has 0 aliphatic heterocycles. The predicted molar refractivity (Wildman–Crippen MR) is 156 cm³/mol. The molecule has 5 nitrogen and oxygen atoms in total. The lowest BCUT2D eigenvalue weighted by molar-refractivity contribution is -0.228. The number of hydrogen-bond acceptors (Lipinski definition) is 5. The summed E-state index contributed by atoms with van der Waals surface area (Å²) in [6.45, 7) is 13.7. The molecule has 0 heterocycles. The Hall–Kier alpha value is -2.57. The third-order valence-corrected chi connectivity index (χ3v) is 9.96. The molecule has 40 heavy (non-hydrogen) atoms. The topological polar surface area (TPSA) is 65.0 Å². The molecule has 0 spiro atoms. The average molecular weight is 545 g/mol. The Balaban J connectivity index is 1.49. The number of aliphatic hydroxyl groups is 1. The largest absolute Gasteiger partial charge is 0.386 e. The van der Waals surface area contributed by atoms with Gasteiger partial charge < -0.3 is 19.3 Å². The fourth-order valence-electron chi connectivity index (χ4n) is 7.74. The number of ketones is 1. The van der Waals surface area contributed by atoms with Gasteiger partial charge in [-0.1, -0.05) is 99.2 Å². The molecule has 2 aromatic rings. The third-order valence-electron chi connectivity index (χ3n) is 9.96. The average Bonchev–Trinajstić information content (AvgIpc) is 2.92. The van der Waals surface area contributed by atoms with Crippen molar-refractivity contribution in [1.82, 2.24) is 0 Å². The fourth-order valence-corrected chi connectivity index (χ4v) is 7.74. The molecule has 5 atom stereocenters. The summed E-state index contributed by atoms with van der Waals surface area (Å²) in [5.41, 5.74) is 2.37. The Kier molecular flexibility index (Phi) is 8.22. The van der Waals surface area contributed by atoms with E-state index in [-0.39, 0.29) is 24.6 Å². The predicted octanol–water partition coefficient (Wildman–Crippen LogP) is 6.94. The molecule has 2 saturated carbocycles. The highest BCUT2D eigenvalue weighted by molar-refractivity contribution is 5.98.